The van der Waals surface area contributed by atoms with Crippen LogP contribution in [0, 0.1) is 5.92 Å². The summed E-state index contributed by atoms with van der Waals surface area (Å²) in [6.45, 7) is 10.6. The van der Waals surface area contributed by atoms with Gasteiger partial charge in [0, 0.05) is 25.0 Å². The SMILES string of the molecule is CCOC(C)(OCC)C1=NC(C(=O)NC(CC(C)C)c2cc(OC)cc(=O)o2)CS1. The van der Waals surface area contributed by atoms with Crippen LogP contribution < -0.4 is 15.7 Å². The van der Waals surface area contributed by atoms with Crippen LogP contribution in [-0.4, -0.2) is 48.9 Å². The van der Waals surface area contributed by atoms with Gasteiger partial charge in [-0.2, -0.15) is 0 Å². The van der Waals surface area contributed by atoms with Crippen LogP contribution in [0.2, 0.25) is 0 Å². The van der Waals surface area contributed by atoms with Gasteiger partial charge in [0.05, 0.1) is 19.2 Å². The van der Waals surface area contributed by atoms with E-state index in [0.29, 0.717) is 41.9 Å². The van der Waals surface area contributed by atoms with Crippen LogP contribution in [-0.2, 0) is 14.3 Å². The fraction of sp³-hybridized carbons (Fsp3) is 0.667. The van der Waals surface area contributed by atoms with Gasteiger partial charge >= 0.3 is 5.63 Å². The van der Waals surface area contributed by atoms with Gasteiger partial charge in [-0.1, -0.05) is 13.8 Å². The topological polar surface area (TPSA) is 99.4 Å². The van der Waals surface area contributed by atoms with E-state index in [-0.39, 0.29) is 11.8 Å². The summed E-state index contributed by atoms with van der Waals surface area (Å²) < 4.78 is 22.0. The maximum absolute atomic E-state index is 13.0. The highest BCUT2D eigenvalue weighted by Crippen LogP contribution is 2.31. The molecule has 0 radical (unpaired) electrons. The first-order chi connectivity index (χ1) is 14.2. The van der Waals surface area contributed by atoms with E-state index in [1.165, 1.54) is 24.9 Å². The predicted octanol–water partition coefficient (Wildman–Crippen LogP) is 3.15. The molecule has 1 aliphatic rings. The second kappa shape index (κ2) is 11.0. The number of hydrogen-bond donors (Lipinski definition) is 1. The molecule has 168 valence electrons. The number of carbonyl (C=O) groups is 1. The van der Waals surface area contributed by atoms with E-state index in [1.807, 2.05) is 34.6 Å². The van der Waals surface area contributed by atoms with E-state index in [1.54, 1.807) is 6.07 Å². The second-order valence-corrected chi connectivity index (χ2v) is 8.49. The molecule has 2 atom stereocenters. The minimum atomic E-state index is -0.958. The molecule has 2 heterocycles. The zero-order valence-electron chi connectivity index (χ0n) is 18.5. The summed E-state index contributed by atoms with van der Waals surface area (Å²) in [7, 11) is 1.48. The van der Waals surface area contributed by atoms with Gasteiger partial charge in [0.1, 0.15) is 22.6 Å². The minimum absolute atomic E-state index is 0.232. The Morgan fingerprint density at radius 1 is 1.33 bits per heavy atom. The van der Waals surface area contributed by atoms with Crippen molar-refractivity contribution < 1.29 is 23.4 Å². The normalized spacial score (nSPS) is 17.7. The molecule has 2 rings (SSSR count). The van der Waals surface area contributed by atoms with Crippen molar-refractivity contribution >= 4 is 22.7 Å². The largest absolute Gasteiger partial charge is 0.496 e. The van der Waals surface area contributed by atoms with Crippen LogP contribution in [0.5, 0.6) is 5.75 Å². The van der Waals surface area contributed by atoms with Gasteiger partial charge in [0.15, 0.2) is 0 Å². The number of aliphatic imine (C=N–C) groups is 1. The van der Waals surface area contributed by atoms with Crippen molar-refractivity contribution in [3.05, 3.63) is 28.3 Å². The number of carbonyl (C=O) groups excluding carboxylic acids is 1. The number of nitrogens with one attached hydrogen (secondary N) is 1. The monoisotopic (exact) mass is 440 g/mol. The summed E-state index contributed by atoms with van der Waals surface area (Å²) in [5, 5.41) is 3.64. The van der Waals surface area contributed by atoms with Gasteiger partial charge in [-0.25, -0.2) is 4.79 Å². The van der Waals surface area contributed by atoms with Crippen LogP contribution in [0.15, 0.2) is 26.3 Å². The van der Waals surface area contributed by atoms with Crippen molar-refractivity contribution in [1.82, 2.24) is 5.32 Å². The number of nitrogens with zero attached hydrogens (tertiary/aromatic N) is 1. The third kappa shape index (κ3) is 6.33. The smallest absolute Gasteiger partial charge is 0.339 e. The maximum Gasteiger partial charge on any atom is 0.339 e. The van der Waals surface area contributed by atoms with E-state index in [2.05, 4.69) is 10.3 Å². The Labute approximate surface area is 181 Å². The van der Waals surface area contributed by atoms with Crippen molar-refractivity contribution in [3.8, 4) is 5.75 Å². The minimum Gasteiger partial charge on any atom is -0.496 e. The molecule has 1 amide bonds. The lowest BCUT2D eigenvalue weighted by Gasteiger charge is -2.28. The van der Waals surface area contributed by atoms with Crippen molar-refractivity contribution in [3.63, 3.8) is 0 Å². The number of ether oxygens (including phenoxy) is 3. The van der Waals surface area contributed by atoms with Gasteiger partial charge in [0.25, 0.3) is 0 Å². The third-order valence-electron chi connectivity index (χ3n) is 4.55. The number of methoxy groups -OCH3 is 1. The van der Waals surface area contributed by atoms with Crippen molar-refractivity contribution in [1.29, 1.82) is 0 Å². The van der Waals surface area contributed by atoms with Crippen LogP contribution >= 0.6 is 11.8 Å². The molecule has 1 aromatic rings. The fourth-order valence-corrected chi connectivity index (χ4v) is 4.34. The summed E-state index contributed by atoms with van der Waals surface area (Å²) in [6, 6.07) is 1.87. The van der Waals surface area contributed by atoms with Gasteiger partial charge < -0.3 is 23.9 Å². The Hall–Kier alpha value is -1.84. The summed E-state index contributed by atoms with van der Waals surface area (Å²) >= 11 is 1.46. The number of rotatable bonds is 11. The summed E-state index contributed by atoms with van der Waals surface area (Å²) in [5.74, 6) is 0.329. The predicted molar refractivity (Wildman–Crippen MR) is 117 cm³/mol. The highest BCUT2D eigenvalue weighted by molar-refractivity contribution is 8.14. The molecular formula is C21H32N2O6S. The first-order valence-electron chi connectivity index (χ1n) is 10.2. The van der Waals surface area contributed by atoms with Crippen molar-refractivity contribution in [2.24, 2.45) is 10.9 Å². The quantitative estimate of drug-likeness (QED) is 0.528. The Morgan fingerprint density at radius 2 is 2.00 bits per heavy atom. The van der Waals surface area contributed by atoms with Gasteiger partial charge in [0.2, 0.25) is 11.7 Å². The molecule has 1 N–H and O–H groups in total. The lowest BCUT2D eigenvalue weighted by Crippen LogP contribution is -2.40. The van der Waals surface area contributed by atoms with Crippen LogP contribution in [0.1, 0.15) is 52.8 Å². The molecule has 8 nitrogen and oxygen atoms in total. The zero-order valence-corrected chi connectivity index (χ0v) is 19.3. The van der Waals surface area contributed by atoms with Gasteiger partial charge in [-0.05, 0) is 33.1 Å². The number of thioether (sulfide) groups is 1. The molecule has 1 aromatic heterocycles. The number of amides is 1. The molecule has 0 aromatic carbocycles. The highest BCUT2D eigenvalue weighted by Gasteiger charge is 2.39. The standard InChI is InChI=1S/C21H32N2O6S/c1-7-27-21(5,28-8-2)20-23-16(12-30-20)19(25)22-15(9-13(3)4)17-10-14(26-6)11-18(24)29-17/h10-11,13,15-16H,7-9,12H2,1-6H3,(H,22,25). The van der Waals surface area contributed by atoms with Crippen LogP contribution in [0.4, 0.5) is 0 Å². The van der Waals surface area contributed by atoms with Crippen LogP contribution in [0.25, 0.3) is 0 Å². The number of hydrogen-bond acceptors (Lipinski definition) is 8. The highest BCUT2D eigenvalue weighted by atomic mass is 32.2. The Bertz CT molecular complexity index is 801. The van der Waals surface area contributed by atoms with Gasteiger partial charge in [-0.3, -0.25) is 9.79 Å². The molecule has 30 heavy (non-hydrogen) atoms. The molecule has 0 fully saturated rings. The molecule has 0 saturated carbocycles. The lowest BCUT2D eigenvalue weighted by molar-refractivity contribution is -0.168. The molecule has 2 unspecified atom stereocenters. The van der Waals surface area contributed by atoms with E-state index >= 15 is 0 Å². The van der Waals surface area contributed by atoms with E-state index in [0.717, 1.165) is 0 Å². The molecule has 0 saturated heterocycles. The van der Waals surface area contributed by atoms with E-state index < -0.39 is 23.5 Å². The Morgan fingerprint density at radius 3 is 2.57 bits per heavy atom. The van der Waals surface area contributed by atoms with Crippen LogP contribution in [0.3, 0.4) is 0 Å². The molecule has 0 bridgehead atoms. The average molecular weight is 441 g/mol. The molecule has 1 aliphatic heterocycles. The summed E-state index contributed by atoms with van der Waals surface area (Å²) in [6.07, 6.45) is 0.605. The van der Waals surface area contributed by atoms with E-state index in [4.69, 9.17) is 18.6 Å². The summed E-state index contributed by atoms with van der Waals surface area (Å²) in [4.78, 5) is 29.4. The Kier molecular flexibility index (Phi) is 8.93. The third-order valence-corrected chi connectivity index (χ3v) is 5.78. The lowest BCUT2D eigenvalue weighted by atomic mass is 10.0. The van der Waals surface area contributed by atoms with Gasteiger partial charge in [-0.15, -0.1) is 11.8 Å². The van der Waals surface area contributed by atoms with E-state index in [9.17, 15) is 9.59 Å². The molecule has 0 aliphatic carbocycles. The fourth-order valence-electron chi connectivity index (χ4n) is 3.22. The first-order valence-corrected chi connectivity index (χ1v) is 11.2. The van der Waals surface area contributed by atoms with Crippen molar-refractivity contribution in [2.75, 3.05) is 26.1 Å². The second-order valence-electron chi connectivity index (χ2n) is 7.48. The average Bonchev–Trinajstić information content (AvgIpc) is 3.18. The summed E-state index contributed by atoms with van der Waals surface area (Å²) in [5.41, 5.74) is -0.520. The van der Waals surface area contributed by atoms with Crippen molar-refractivity contribution in [2.45, 2.75) is 58.9 Å². The molecule has 9 heteroatoms. The zero-order chi connectivity index (χ0) is 22.3. The Balaban J connectivity index is 2.21. The maximum atomic E-state index is 13.0. The molecular weight excluding hydrogens is 408 g/mol. The molecule has 0 spiro atoms. The first kappa shape index (κ1) is 24.4.